The highest BCUT2D eigenvalue weighted by Gasteiger charge is 2.35. The molecular weight excluding hydrogens is 472 g/mol. The first-order chi connectivity index (χ1) is 16.9. The third kappa shape index (κ3) is 3.23. The van der Waals surface area contributed by atoms with E-state index in [1.54, 1.807) is 15.9 Å². The fourth-order valence-corrected chi connectivity index (χ4v) is 6.09. The number of amides is 2. The molecule has 7 nitrogen and oxygen atoms in total. The van der Waals surface area contributed by atoms with Crippen molar-refractivity contribution in [3.63, 3.8) is 0 Å². The predicted octanol–water partition coefficient (Wildman–Crippen LogP) is 4.02. The second-order valence-electron chi connectivity index (χ2n) is 8.81. The number of nitrogens with two attached hydrogens (primary N) is 1. The van der Waals surface area contributed by atoms with Crippen LogP contribution in [0.4, 0.5) is 13.9 Å². The van der Waals surface area contributed by atoms with Crippen LogP contribution in [-0.2, 0) is 11.3 Å². The number of anilines is 1. The number of hydrogen-bond acceptors (Lipinski definition) is 5. The topological polar surface area (TPSA) is 84.5 Å². The number of hydrogen-bond donors (Lipinski definition) is 1. The number of thiazole rings is 1. The zero-order chi connectivity index (χ0) is 24.4. The molecule has 1 fully saturated rings. The Morgan fingerprint density at radius 2 is 2.00 bits per heavy atom. The summed E-state index contributed by atoms with van der Waals surface area (Å²) in [5, 5.41) is 0.758. The standard InChI is InChI=1S/C25H21F2N5O2S/c1-2-19(33)31-9-10-32-13(12-31)5-7-30-8-6-15-20(18(27)11-16(22(15)30)24(32)34)14-3-4-17(26)23-21(14)29-25(28)35-23/h2-4,6,8,11,13H,1,5,7,9-10,12H2,(H2,28,29)/t13-/m1/s1. The second-order valence-corrected chi connectivity index (χ2v) is 9.84. The first-order valence-corrected chi connectivity index (χ1v) is 12.1. The number of halogens is 2. The summed E-state index contributed by atoms with van der Waals surface area (Å²) in [6.07, 6.45) is 3.77. The summed E-state index contributed by atoms with van der Waals surface area (Å²) in [7, 11) is 0. The van der Waals surface area contributed by atoms with Crippen molar-refractivity contribution in [2.45, 2.75) is 19.0 Å². The van der Waals surface area contributed by atoms with Gasteiger partial charge in [-0.3, -0.25) is 9.59 Å². The molecular formula is C25H21F2N5O2S. The molecule has 0 bridgehead atoms. The minimum absolute atomic E-state index is 0.160. The maximum absolute atomic E-state index is 15.8. The van der Waals surface area contributed by atoms with Gasteiger partial charge in [0.1, 0.15) is 11.6 Å². The Labute approximate surface area is 203 Å². The highest BCUT2D eigenvalue weighted by atomic mass is 32.1. The Morgan fingerprint density at radius 1 is 1.17 bits per heavy atom. The first kappa shape index (κ1) is 21.7. The third-order valence-electron chi connectivity index (χ3n) is 6.94. The molecule has 2 aromatic carbocycles. The minimum Gasteiger partial charge on any atom is -0.375 e. The lowest BCUT2D eigenvalue weighted by Gasteiger charge is -2.42. The number of rotatable bonds is 2. The number of nitrogen functional groups attached to an aromatic ring is 1. The van der Waals surface area contributed by atoms with Gasteiger partial charge in [0, 0.05) is 48.9 Å². The van der Waals surface area contributed by atoms with Crippen molar-refractivity contribution >= 4 is 49.4 Å². The second kappa shape index (κ2) is 7.88. The summed E-state index contributed by atoms with van der Waals surface area (Å²) in [4.78, 5) is 33.5. The van der Waals surface area contributed by atoms with Crippen molar-refractivity contribution in [3.8, 4) is 11.1 Å². The van der Waals surface area contributed by atoms with Gasteiger partial charge in [-0.15, -0.1) is 0 Å². The molecule has 0 spiro atoms. The molecule has 2 aliphatic heterocycles. The maximum Gasteiger partial charge on any atom is 0.256 e. The molecule has 2 N–H and O–H groups in total. The van der Waals surface area contributed by atoms with Crippen LogP contribution in [0, 0.1) is 11.6 Å². The quantitative estimate of drug-likeness (QED) is 0.428. The lowest BCUT2D eigenvalue weighted by atomic mass is 9.95. The first-order valence-electron chi connectivity index (χ1n) is 11.3. The van der Waals surface area contributed by atoms with Gasteiger partial charge < -0.3 is 20.1 Å². The van der Waals surface area contributed by atoms with Gasteiger partial charge in [-0.1, -0.05) is 17.9 Å². The van der Waals surface area contributed by atoms with Gasteiger partial charge in [-0.25, -0.2) is 13.8 Å². The van der Waals surface area contributed by atoms with E-state index in [1.165, 1.54) is 24.3 Å². The van der Waals surface area contributed by atoms with Crippen LogP contribution in [0.25, 0.3) is 32.2 Å². The van der Waals surface area contributed by atoms with Crippen LogP contribution in [0.5, 0.6) is 0 Å². The van der Waals surface area contributed by atoms with Crippen LogP contribution in [-0.4, -0.2) is 56.8 Å². The zero-order valence-electron chi connectivity index (χ0n) is 18.6. The van der Waals surface area contributed by atoms with E-state index in [0.29, 0.717) is 54.6 Å². The van der Waals surface area contributed by atoms with E-state index in [4.69, 9.17) is 5.73 Å². The number of fused-ring (bicyclic) bond motifs is 2. The number of carbonyl (C=O) groups excluding carboxylic acids is 2. The highest BCUT2D eigenvalue weighted by Crippen LogP contribution is 2.41. The number of piperazine rings is 1. The van der Waals surface area contributed by atoms with E-state index < -0.39 is 11.6 Å². The molecule has 35 heavy (non-hydrogen) atoms. The molecule has 2 aliphatic rings. The van der Waals surface area contributed by atoms with Gasteiger partial charge >= 0.3 is 0 Å². The lowest BCUT2D eigenvalue weighted by molar-refractivity contribution is -0.128. The van der Waals surface area contributed by atoms with E-state index in [-0.39, 0.29) is 38.8 Å². The Morgan fingerprint density at radius 3 is 2.80 bits per heavy atom. The molecule has 10 heteroatoms. The summed E-state index contributed by atoms with van der Waals surface area (Å²) in [5.74, 6) is -1.48. The summed E-state index contributed by atoms with van der Waals surface area (Å²) in [6, 6.07) is 5.67. The minimum atomic E-state index is -0.587. The predicted molar refractivity (Wildman–Crippen MR) is 131 cm³/mol. The van der Waals surface area contributed by atoms with E-state index in [2.05, 4.69) is 11.6 Å². The molecule has 0 saturated carbocycles. The Hall–Kier alpha value is -3.79. The van der Waals surface area contributed by atoms with Gasteiger partial charge in [0.05, 0.1) is 27.3 Å². The van der Waals surface area contributed by atoms with Crippen LogP contribution in [0.2, 0.25) is 0 Å². The summed E-state index contributed by atoms with van der Waals surface area (Å²) in [6.45, 7) is 5.33. The molecule has 2 aromatic heterocycles. The van der Waals surface area contributed by atoms with E-state index in [0.717, 1.165) is 11.3 Å². The molecule has 178 valence electrons. The fraction of sp³-hybridized carbons (Fsp3) is 0.240. The number of carbonyl (C=O) groups is 2. The Balaban J connectivity index is 1.50. The molecule has 1 atom stereocenters. The van der Waals surface area contributed by atoms with E-state index >= 15 is 4.39 Å². The molecule has 0 unspecified atom stereocenters. The van der Waals surface area contributed by atoms with Gasteiger partial charge in [0.15, 0.2) is 5.13 Å². The van der Waals surface area contributed by atoms with Crippen LogP contribution < -0.4 is 5.73 Å². The molecule has 6 rings (SSSR count). The van der Waals surface area contributed by atoms with E-state index in [1.807, 2.05) is 10.8 Å². The van der Waals surface area contributed by atoms with Gasteiger partial charge in [-0.2, -0.15) is 0 Å². The average molecular weight is 494 g/mol. The Bertz CT molecular complexity index is 1560. The smallest absolute Gasteiger partial charge is 0.256 e. The summed E-state index contributed by atoms with van der Waals surface area (Å²) >= 11 is 1.01. The lowest BCUT2D eigenvalue weighted by Crippen LogP contribution is -2.57. The average Bonchev–Trinajstić information content (AvgIpc) is 3.45. The van der Waals surface area contributed by atoms with Crippen molar-refractivity contribution < 1.29 is 18.4 Å². The third-order valence-corrected chi connectivity index (χ3v) is 7.84. The van der Waals surface area contributed by atoms with Gasteiger partial charge in [0.2, 0.25) is 5.91 Å². The zero-order valence-corrected chi connectivity index (χ0v) is 19.4. The van der Waals surface area contributed by atoms with Gasteiger partial charge in [-0.05, 0) is 36.8 Å². The van der Waals surface area contributed by atoms with Crippen molar-refractivity contribution in [1.82, 2.24) is 19.4 Å². The van der Waals surface area contributed by atoms with Gasteiger partial charge in [0.25, 0.3) is 5.91 Å². The maximum atomic E-state index is 15.8. The van der Waals surface area contributed by atoms with Crippen molar-refractivity contribution in [1.29, 1.82) is 0 Å². The number of aromatic nitrogens is 2. The SMILES string of the molecule is C=CC(=O)N1CCN2C(=O)c3cc(F)c(-c4ccc(F)c5sc(N)nc45)c4ccn(c34)CC[C@@H]2C1. The molecule has 4 aromatic rings. The number of aryl methyl sites for hydroxylation is 1. The number of nitrogens with zero attached hydrogens (tertiary/aromatic N) is 4. The molecule has 1 saturated heterocycles. The fourth-order valence-electron chi connectivity index (χ4n) is 5.33. The van der Waals surface area contributed by atoms with Crippen LogP contribution in [0.15, 0.2) is 43.1 Å². The van der Waals surface area contributed by atoms with Crippen LogP contribution >= 0.6 is 11.3 Å². The number of benzene rings is 2. The Kier molecular flexibility index (Phi) is 4.89. The monoisotopic (exact) mass is 493 g/mol. The largest absolute Gasteiger partial charge is 0.375 e. The van der Waals surface area contributed by atoms with Crippen LogP contribution in [0.3, 0.4) is 0 Å². The molecule has 2 amide bonds. The molecule has 0 aliphatic carbocycles. The van der Waals surface area contributed by atoms with Crippen molar-refractivity contribution in [3.05, 3.63) is 60.3 Å². The highest BCUT2D eigenvalue weighted by molar-refractivity contribution is 7.22. The molecule has 4 heterocycles. The van der Waals surface area contributed by atoms with Crippen molar-refractivity contribution in [2.24, 2.45) is 0 Å². The van der Waals surface area contributed by atoms with Crippen molar-refractivity contribution in [2.75, 3.05) is 25.4 Å². The van der Waals surface area contributed by atoms with Crippen LogP contribution in [0.1, 0.15) is 16.8 Å². The normalized spacial score (nSPS) is 18.0. The summed E-state index contributed by atoms with van der Waals surface area (Å²) < 4.78 is 32.4. The molecule has 0 radical (unpaired) electrons. The summed E-state index contributed by atoms with van der Waals surface area (Å²) in [5.41, 5.74) is 7.74. The van der Waals surface area contributed by atoms with E-state index in [9.17, 15) is 14.0 Å².